The van der Waals surface area contributed by atoms with Crippen LogP contribution in [-0.4, -0.2) is 39.9 Å². The van der Waals surface area contributed by atoms with Crippen molar-refractivity contribution in [1.29, 1.82) is 0 Å². The highest BCUT2D eigenvalue weighted by Crippen LogP contribution is 2.63. The molecule has 2 unspecified atom stereocenters. The van der Waals surface area contributed by atoms with Crippen molar-refractivity contribution in [3.05, 3.63) is 11.6 Å². The van der Waals surface area contributed by atoms with Gasteiger partial charge in [-0.1, -0.05) is 18.6 Å². The fourth-order valence-corrected chi connectivity index (χ4v) is 6.52. The zero-order valence-electron chi connectivity index (χ0n) is 13.9. The van der Waals surface area contributed by atoms with E-state index in [1.54, 1.807) is 0 Å². The number of ketones is 1. The number of aliphatic hydroxyl groups excluding tert-OH is 3. The first-order chi connectivity index (χ1) is 10.9. The smallest absolute Gasteiger partial charge is 0.167 e. The number of rotatable bonds is 1. The van der Waals surface area contributed by atoms with Gasteiger partial charge in [0, 0.05) is 10.8 Å². The van der Waals surface area contributed by atoms with E-state index in [9.17, 15) is 20.1 Å². The second-order valence-electron chi connectivity index (χ2n) is 8.62. The van der Waals surface area contributed by atoms with E-state index >= 15 is 0 Å². The summed E-state index contributed by atoms with van der Waals surface area (Å²) in [4.78, 5) is 12.5. The van der Waals surface area contributed by atoms with Gasteiger partial charge in [-0.05, 0) is 62.7 Å². The number of Topliss-reactive ketones (excluding diaryl/α,β-unsaturated/α-hetero) is 1. The Hall–Kier alpha value is -0.710. The minimum Gasteiger partial charge on any atom is -0.395 e. The van der Waals surface area contributed by atoms with Crippen molar-refractivity contribution in [2.75, 3.05) is 6.61 Å². The lowest BCUT2D eigenvalue weighted by molar-refractivity contribution is -0.137. The summed E-state index contributed by atoms with van der Waals surface area (Å²) in [6.07, 6.45) is 6.74. The number of hydrogen-bond acceptors (Lipinski definition) is 4. The molecule has 3 fully saturated rings. The van der Waals surface area contributed by atoms with E-state index < -0.39 is 6.10 Å². The van der Waals surface area contributed by atoms with Gasteiger partial charge in [-0.2, -0.15) is 0 Å². The summed E-state index contributed by atoms with van der Waals surface area (Å²) >= 11 is 0. The first-order valence-electron chi connectivity index (χ1n) is 9.13. The Morgan fingerprint density at radius 3 is 2.74 bits per heavy atom. The molecule has 4 heteroatoms. The van der Waals surface area contributed by atoms with E-state index in [2.05, 4.69) is 6.08 Å². The van der Waals surface area contributed by atoms with Crippen LogP contribution in [0.5, 0.6) is 0 Å². The van der Waals surface area contributed by atoms with E-state index in [0.717, 1.165) is 32.1 Å². The average Bonchev–Trinajstić information content (AvgIpc) is 2.78. The van der Waals surface area contributed by atoms with Gasteiger partial charge in [0.2, 0.25) is 0 Å². The van der Waals surface area contributed by atoms with Crippen LogP contribution in [-0.2, 0) is 4.79 Å². The van der Waals surface area contributed by atoms with Crippen molar-refractivity contribution in [3.63, 3.8) is 0 Å². The van der Waals surface area contributed by atoms with Gasteiger partial charge in [-0.15, -0.1) is 0 Å². The van der Waals surface area contributed by atoms with Crippen molar-refractivity contribution in [1.82, 2.24) is 0 Å². The zero-order chi connectivity index (χ0) is 16.4. The third kappa shape index (κ3) is 1.98. The summed E-state index contributed by atoms with van der Waals surface area (Å²) in [5.74, 6) is 1.03. The fraction of sp³-hybridized carbons (Fsp3) is 0.842. The van der Waals surface area contributed by atoms with E-state index in [4.69, 9.17) is 0 Å². The molecule has 4 nitrogen and oxygen atoms in total. The number of aliphatic hydroxyl groups is 3. The lowest BCUT2D eigenvalue weighted by atomic mass is 9.47. The predicted molar refractivity (Wildman–Crippen MR) is 85.5 cm³/mol. The Morgan fingerprint density at radius 2 is 2.00 bits per heavy atom. The molecule has 7 atom stereocenters. The Bertz CT molecular complexity index is 556. The molecule has 0 saturated heterocycles. The van der Waals surface area contributed by atoms with Gasteiger partial charge in [0.1, 0.15) is 6.10 Å². The molecule has 0 aromatic carbocycles. The number of hydrogen-bond donors (Lipinski definition) is 3. The van der Waals surface area contributed by atoms with Gasteiger partial charge in [0.05, 0.1) is 12.7 Å². The van der Waals surface area contributed by atoms with Crippen LogP contribution < -0.4 is 0 Å². The van der Waals surface area contributed by atoms with Crippen LogP contribution in [0, 0.1) is 28.6 Å². The highest BCUT2D eigenvalue weighted by molar-refractivity contribution is 5.91. The SMILES string of the molecule is C[C@]12CC[C@H]3[C@@H](CC=C4CC(O)CC[C@@]43CO)[C@@H]1CC(O)C2=O. The molecule has 0 radical (unpaired) electrons. The second-order valence-corrected chi connectivity index (χ2v) is 8.62. The minimum atomic E-state index is -0.799. The zero-order valence-corrected chi connectivity index (χ0v) is 13.9. The Morgan fingerprint density at radius 1 is 1.22 bits per heavy atom. The van der Waals surface area contributed by atoms with E-state index in [-0.39, 0.29) is 35.2 Å². The van der Waals surface area contributed by atoms with Gasteiger partial charge < -0.3 is 15.3 Å². The topological polar surface area (TPSA) is 77.8 Å². The maximum absolute atomic E-state index is 12.5. The van der Waals surface area contributed by atoms with Crippen molar-refractivity contribution in [3.8, 4) is 0 Å². The average molecular weight is 320 g/mol. The third-order valence-electron chi connectivity index (χ3n) is 7.82. The van der Waals surface area contributed by atoms with Crippen molar-refractivity contribution in [2.45, 2.75) is 64.1 Å². The van der Waals surface area contributed by atoms with Crippen LogP contribution in [0.3, 0.4) is 0 Å². The first-order valence-corrected chi connectivity index (χ1v) is 9.13. The molecule has 0 heterocycles. The second kappa shape index (κ2) is 5.14. The molecule has 4 rings (SSSR count). The molecule has 0 aliphatic heterocycles. The molecular formula is C19H28O4. The van der Waals surface area contributed by atoms with Crippen LogP contribution in [0.15, 0.2) is 11.6 Å². The van der Waals surface area contributed by atoms with Crippen molar-refractivity contribution in [2.24, 2.45) is 28.6 Å². The van der Waals surface area contributed by atoms with E-state index in [0.29, 0.717) is 24.7 Å². The van der Waals surface area contributed by atoms with Crippen LogP contribution in [0.2, 0.25) is 0 Å². The molecule has 0 bridgehead atoms. The molecule has 3 N–H and O–H groups in total. The van der Waals surface area contributed by atoms with E-state index in [1.807, 2.05) is 6.92 Å². The third-order valence-corrected chi connectivity index (χ3v) is 7.82. The molecule has 0 aromatic rings. The van der Waals surface area contributed by atoms with Crippen LogP contribution in [0.25, 0.3) is 0 Å². The molecule has 23 heavy (non-hydrogen) atoms. The van der Waals surface area contributed by atoms with Gasteiger partial charge in [0.25, 0.3) is 0 Å². The lowest BCUT2D eigenvalue weighted by Crippen LogP contribution is -2.53. The first kappa shape index (κ1) is 15.8. The number of allylic oxidation sites excluding steroid dienone is 1. The van der Waals surface area contributed by atoms with Crippen LogP contribution in [0.1, 0.15) is 51.9 Å². The maximum Gasteiger partial charge on any atom is 0.167 e. The van der Waals surface area contributed by atoms with Gasteiger partial charge in [-0.25, -0.2) is 0 Å². The number of carbonyl (C=O) groups excluding carboxylic acids is 1. The summed E-state index contributed by atoms with van der Waals surface area (Å²) in [5, 5.41) is 30.4. The van der Waals surface area contributed by atoms with Gasteiger partial charge >= 0.3 is 0 Å². The molecule has 3 saturated carbocycles. The highest BCUT2D eigenvalue weighted by Gasteiger charge is 2.61. The highest BCUT2D eigenvalue weighted by atomic mass is 16.3. The number of carbonyl (C=O) groups is 1. The molecule has 4 aliphatic rings. The Kier molecular flexibility index (Phi) is 3.53. The van der Waals surface area contributed by atoms with Gasteiger partial charge in [0.15, 0.2) is 5.78 Å². The molecule has 4 aliphatic carbocycles. The summed E-state index contributed by atoms with van der Waals surface area (Å²) in [5.41, 5.74) is 0.671. The summed E-state index contributed by atoms with van der Waals surface area (Å²) < 4.78 is 0. The molecule has 0 spiro atoms. The standard InChI is InChI=1S/C19H28O4/c1-18-6-5-14-13(15(18)9-16(22)17(18)23)3-2-11-8-12(21)4-7-19(11,14)10-20/h2,12-16,20-22H,3-10H2,1H3/t12?,13-,14+,15+,16?,18+,19-/m1/s1. The Labute approximate surface area is 137 Å². The van der Waals surface area contributed by atoms with Crippen LogP contribution >= 0.6 is 0 Å². The molecule has 0 aromatic heterocycles. The Balaban J connectivity index is 1.72. The van der Waals surface area contributed by atoms with E-state index in [1.165, 1.54) is 5.57 Å². The largest absolute Gasteiger partial charge is 0.395 e. The van der Waals surface area contributed by atoms with Crippen molar-refractivity contribution < 1.29 is 20.1 Å². The maximum atomic E-state index is 12.5. The fourth-order valence-electron chi connectivity index (χ4n) is 6.52. The summed E-state index contributed by atoms with van der Waals surface area (Å²) in [6.45, 7) is 2.19. The lowest BCUT2D eigenvalue weighted by Gasteiger charge is -2.57. The normalized spacial score (nSPS) is 52.4. The van der Waals surface area contributed by atoms with Crippen LogP contribution in [0.4, 0.5) is 0 Å². The summed E-state index contributed by atoms with van der Waals surface area (Å²) in [6, 6.07) is 0. The van der Waals surface area contributed by atoms with Crippen molar-refractivity contribution >= 4 is 5.78 Å². The molecular weight excluding hydrogens is 292 g/mol. The quantitative estimate of drug-likeness (QED) is 0.644. The summed E-state index contributed by atoms with van der Waals surface area (Å²) in [7, 11) is 0. The molecule has 0 amide bonds. The monoisotopic (exact) mass is 320 g/mol. The molecule has 128 valence electrons. The van der Waals surface area contributed by atoms with Gasteiger partial charge in [-0.3, -0.25) is 4.79 Å². The minimum absolute atomic E-state index is 0.0350. The predicted octanol–water partition coefficient (Wildman–Crippen LogP) is 1.82. The number of fused-ring (bicyclic) bond motifs is 5.